The number of carbonyl (C=O) groups excluding carboxylic acids is 1. The maximum Gasteiger partial charge on any atom is 0.411 e. The normalized spacial score (nSPS) is 19.9. The fourth-order valence-corrected chi connectivity index (χ4v) is 4.66. The smallest absolute Gasteiger partial charge is 0.411 e. The number of fused-ring (bicyclic) bond motifs is 1. The molecule has 0 radical (unpaired) electrons. The number of ether oxygens (including phenoxy) is 1. The number of nitrogens with zero attached hydrogens (tertiary/aromatic N) is 1. The van der Waals surface area contributed by atoms with Crippen molar-refractivity contribution in [3.05, 3.63) is 65.2 Å². The van der Waals surface area contributed by atoms with Gasteiger partial charge in [0.05, 0.1) is 6.61 Å². The lowest BCUT2D eigenvalue weighted by Gasteiger charge is -2.36. The highest BCUT2D eigenvalue weighted by Gasteiger charge is 2.30. The van der Waals surface area contributed by atoms with Crippen molar-refractivity contribution in [2.24, 2.45) is 5.92 Å². The first-order valence-corrected chi connectivity index (χ1v) is 10.9. The van der Waals surface area contributed by atoms with E-state index in [4.69, 9.17) is 4.74 Å². The molecule has 1 saturated heterocycles. The average Bonchev–Trinajstić information content (AvgIpc) is 3.17. The van der Waals surface area contributed by atoms with Gasteiger partial charge in [0, 0.05) is 24.2 Å². The van der Waals surface area contributed by atoms with Crippen LogP contribution in [0.2, 0.25) is 0 Å². The Hall–Kier alpha value is -2.33. The lowest BCUT2D eigenvalue weighted by Crippen LogP contribution is -2.44. The van der Waals surface area contributed by atoms with Crippen molar-refractivity contribution in [3.63, 3.8) is 0 Å². The molecule has 29 heavy (non-hydrogen) atoms. The van der Waals surface area contributed by atoms with E-state index in [-0.39, 0.29) is 6.09 Å². The summed E-state index contributed by atoms with van der Waals surface area (Å²) in [5.74, 6) is 0.902. The van der Waals surface area contributed by atoms with Crippen LogP contribution < -0.4 is 5.32 Å². The Kier molecular flexibility index (Phi) is 6.19. The number of rotatable bonds is 5. The van der Waals surface area contributed by atoms with Crippen molar-refractivity contribution in [2.75, 3.05) is 25.0 Å². The molecule has 1 aliphatic carbocycles. The van der Waals surface area contributed by atoms with Crippen LogP contribution in [0.25, 0.3) is 0 Å². The molecular weight excluding hydrogens is 360 g/mol. The summed E-state index contributed by atoms with van der Waals surface area (Å²) >= 11 is 0. The number of piperidine rings is 1. The zero-order valence-corrected chi connectivity index (χ0v) is 17.6. The molecule has 1 aliphatic heterocycles. The number of amides is 1. The van der Waals surface area contributed by atoms with E-state index < -0.39 is 0 Å². The standard InChI is InChI=1S/C25H32N2O2/c1-18(2)20-9-11-23(12-10-20)26-25(28)29-17-19-6-5-13-27(16-19)24-14-21-7-3-4-8-22(21)15-24/h3-4,7-12,18-19,24H,5-6,13-17H2,1-2H3,(H,26,28). The first kappa shape index (κ1) is 20.0. The summed E-state index contributed by atoms with van der Waals surface area (Å²) < 4.78 is 5.56. The summed E-state index contributed by atoms with van der Waals surface area (Å²) in [7, 11) is 0. The largest absolute Gasteiger partial charge is 0.449 e. The summed E-state index contributed by atoms with van der Waals surface area (Å²) in [4.78, 5) is 14.8. The number of hydrogen-bond acceptors (Lipinski definition) is 3. The monoisotopic (exact) mass is 392 g/mol. The molecule has 1 atom stereocenters. The maximum absolute atomic E-state index is 12.2. The molecular formula is C25H32N2O2. The van der Waals surface area contributed by atoms with Crippen molar-refractivity contribution in [1.82, 2.24) is 4.90 Å². The quantitative estimate of drug-likeness (QED) is 0.757. The van der Waals surface area contributed by atoms with Crippen LogP contribution >= 0.6 is 0 Å². The fraction of sp³-hybridized carbons (Fsp3) is 0.480. The van der Waals surface area contributed by atoms with Gasteiger partial charge in [0.15, 0.2) is 0 Å². The summed E-state index contributed by atoms with van der Waals surface area (Å²) in [6.07, 6.45) is 4.26. The molecule has 1 fully saturated rings. The van der Waals surface area contributed by atoms with Gasteiger partial charge < -0.3 is 4.74 Å². The van der Waals surface area contributed by atoms with Crippen molar-refractivity contribution in [3.8, 4) is 0 Å². The predicted molar refractivity (Wildman–Crippen MR) is 117 cm³/mol. The zero-order valence-electron chi connectivity index (χ0n) is 17.6. The third kappa shape index (κ3) is 4.99. The Labute approximate surface area is 174 Å². The lowest BCUT2D eigenvalue weighted by molar-refractivity contribution is 0.0779. The van der Waals surface area contributed by atoms with Gasteiger partial charge in [0.2, 0.25) is 0 Å². The van der Waals surface area contributed by atoms with Crippen LogP contribution in [0.3, 0.4) is 0 Å². The second-order valence-electron chi connectivity index (χ2n) is 8.83. The summed E-state index contributed by atoms with van der Waals surface area (Å²) in [5, 5.41) is 2.85. The fourth-order valence-electron chi connectivity index (χ4n) is 4.66. The van der Waals surface area contributed by atoms with E-state index in [0.29, 0.717) is 24.5 Å². The third-order valence-corrected chi connectivity index (χ3v) is 6.37. The van der Waals surface area contributed by atoms with Gasteiger partial charge in [-0.15, -0.1) is 0 Å². The van der Waals surface area contributed by atoms with Crippen LogP contribution in [0.5, 0.6) is 0 Å². The van der Waals surface area contributed by atoms with Crippen molar-refractivity contribution >= 4 is 11.8 Å². The van der Waals surface area contributed by atoms with Crippen molar-refractivity contribution in [1.29, 1.82) is 0 Å². The zero-order chi connectivity index (χ0) is 20.2. The molecule has 0 bridgehead atoms. The molecule has 0 aromatic heterocycles. The second kappa shape index (κ2) is 9.00. The minimum atomic E-state index is -0.354. The molecule has 1 unspecified atom stereocenters. The van der Waals surface area contributed by atoms with E-state index in [1.165, 1.54) is 23.1 Å². The SMILES string of the molecule is CC(C)c1ccc(NC(=O)OCC2CCCN(C3Cc4ccccc4C3)C2)cc1. The van der Waals surface area contributed by atoms with E-state index >= 15 is 0 Å². The van der Waals surface area contributed by atoms with Crippen LogP contribution in [0.4, 0.5) is 10.5 Å². The van der Waals surface area contributed by atoms with Gasteiger partial charge in [-0.2, -0.15) is 0 Å². The van der Waals surface area contributed by atoms with E-state index in [9.17, 15) is 4.79 Å². The molecule has 0 spiro atoms. The Bertz CT molecular complexity index is 806. The van der Waals surface area contributed by atoms with Gasteiger partial charge >= 0.3 is 6.09 Å². The van der Waals surface area contributed by atoms with Crippen LogP contribution in [-0.2, 0) is 17.6 Å². The minimum absolute atomic E-state index is 0.354. The highest BCUT2D eigenvalue weighted by molar-refractivity contribution is 5.84. The first-order valence-electron chi connectivity index (χ1n) is 10.9. The Balaban J connectivity index is 1.24. The number of nitrogens with one attached hydrogen (secondary N) is 1. The highest BCUT2D eigenvalue weighted by atomic mass is 16.5. The van der Waals surface area contributed by atoms with Crippen molar-refractivity contribution in [2.45, 2.75) is 51.5 Å². The van der Waals surface area contributed by atoms with E-state index in [2.05, 4.69) is 60.5 Å². The van der Waals surface area contributed by atoms with Gasteiger partial charge in [-0.05, 0) is 67.0 Å². The van der Waals surface area contributed by atoms with Gasteiger partial charge in [0.1, 0.15) is 0 Å². The van der Waals surface area contributed by atoms with Gasteiger partial charge in [-0.1, -0.05) is 50.2 Å². The van der Waals surface area contributed by atoms with Crippen LogP contribution in [0, 0.1) is 5.92 Å². The van der Waals surface area contributed by atoms with Gasteiger partial charge in [0.25, 0.3) is 0 Å². The first-order chi connectivity index (χ1) is 14.1. The molecule has 4 heteroatoms. The predicted octanol–water partition coefficient (Wildman–Crippen LogP) is 5.24. The summed E-state index contributed by atoms with van der Waals surface area (Å²) in [6, 6.07) is 17.4. The number of hydrogen-bond donors (Lipinski definition) is 1. The molecule has 2 aromatic carbocycles. The van der Waals surface area contributed by atoms with Crippen LogP contribution in [-0.4, -0.2) is 36.7 Å². The van der Waals surface area contributed by atoms with E-state index in [1.807, 2.05) is 12.1 Å². The highest BCUT2D eigenvalue weighted by Crippen LogP contribution is 2.29. The second-order valence-corrected chi connectivity index (χ2v) is 8.83. The number of benzene rings is 2. The van der Waals surface area contributed by atoms with Crippen LogP contribution in [0.15, 0.2) is 48.5 Å². The van der Waals surface area contributed by atoms with Gasteiger partial charge in [-0.3, -0.25) is 10.2 Å². The molecule has 2 aliphatic rings. The van der Waals surface area contributed by atoms with Crippen molar-refractivity contribution < 1.29 is 9.53 Å². The third-order valence-electron chi connectivity index (χ3n) is 6.37. The minimum Gasteiger partial charge on any atom is -0.449 e. The van der Waals surface area contributed by atoms with E-state index in [1.54, 1.807) is 0 Å². The molecule has 4 rings (SSSR count). The molecule has 1 amide bonds. The molecule has 4 nitrogen and oxygen atoms in total. The number of likely N-dealkylation sites (tertiary alicyclic amines) is 1. The number of anilines is 1. The topological polar surface area (TPSA) is 41.6 Å². The Morgan fingerprint density at radius 3 is 2.45 bits per heavy atom. The molecule has 1 heterocycles. The van der Waals surface area contributed by atoms with Gasteiger partial charge in [-0.25, -0.2) is 4.79 Å². The van der Waals surface area contributed by atoms with Crippen LogP contribution in [0.1, 0.15) is 49.3 Å². The molecule has 1 N–H and O–H groups in total. The molecule has 154 valence electrons. The molecule has 2 aromatic rings. The maximum atomic E-state index is 12.2. The molecule has 0 saturated carbocycles. The summed E-state index contributed by atoms with van der Waals surface area (Å²) in [6.45, 7) is 6.99. The number of carbonyl (C=O) groups is 1. The average molecular weight is 393 g/mol. The van der Waals surface area contributed by atoms with E-state index in [0.717, 1.165) is 38.0 Å². The lowest BCUT2D eigenvalue weighted by atomic mass is 9.97. The Morgan fingerprint density at radius 2 is 1.79 bits per heavy atom. The summed E-state index contributed by atoms with van der Waals surface area (Å²) in [5.41, 5.74) is 5.05. The Morgan fingerprint density at radius 1 is 1.10 bits per heavy atom.